The van der Waals surface area contributed by atoms with E-state index in [0.29, 0.717) is 0 Å². The number of H-pyrrole nitrogens is 1. The molecule has 5 heteroatoms. The van der Waals surface area contributed by atoms with E-state index in [2.05, 4.69) is 15.5 Å². The third-order valence-corrected chi connectivity index (χ3v) is 3.28. The number of nitrogens with one attached hydrogen (secondary N) is 2. The molecular formula is C14H14FN3O. The summed E-state index contributed by atoms with van der Waals surface area (Å²) < 4.78 is 13.9. The van der Waals surface area contributed by atoms with Crippen LogP contribution in [0.1, 0.15) is 28.8 Å². The number of nitrogens with zero attached hydrogens (tertiary/aromatic N) is 1. The molecule has 1 saturated carbocycles. The van der Waals surface area contributed by atoms with Crippen molar-refractivity contribution in [2.75, 3.05) is 0 Å². The summed E-state index contributed by atoms with van der Waals surface area (Å²) in [5.41, 5.74) is 2.53. The molecule has 0 atom stereocenters. The van der Waals surface area contributed by atoms with Crippen LogP contribution in [0.15, 0.2) is 24.5 Å². The lowest BCUT2D eigenvalue weighted by molar-refractivity contribution is 0.0947. The van der Waals surface area contributed by atoms with E-state index >= 15 is 0 Å². The fraction of sp³-hybridized carbons (Fsp3) is 0.286. The maximum Gasteiger partial charge on any atom is 0.254 e. The molecule has 1 aromatic carbocycles. The molecule has 1 aliphatic rings. The lowest BCUT2D eigenvalue weighted by Gasteiger charge is -2.09. The Balaban J connectivity index is 1.99. The number of rotatable bonds is 3. The zero-order valence-electron chi connectivity index (χ0n) is 10.5. The molecular weight excluding hydrogens is 245 g/mol. The predicted octanol–water partition coefficient (Wildman–Crippen LogP) is 2.42. The Kier molecular flexibility index (Phi) is 2.81. The highest BCUT2D eigenvalue weighted by atomic mass is 19.1. The molecule has 19 heavy (non-hydrogen) atoms. The number of halogens is 1. The van der Waals surface area contributed by atoms with Crippen molar-refractivity contribution in [3.8, 4) is 11.1 Å². The molecule has 1 aliphatic carbocycles. The minimum atomic E-state index is -0.483. The van der Waals surface area contributed by atoms with Crippen molar-refractivity contribution >= 4 is 5.91 Å². The summed E-state index contributed by atoms with van der Waals surface area (Å²) in [6.07, 6.45) is 5.34. The van der Waals surface area contributed by atoms with Crippen LogP contribution in [0.2, 0.25) is 0 Å². The lowest BCUT2D eigenvalue weighted by Crippen LogP contribution is -2.26. The number of aryl methyl sites for hydroxylation is 1. The summed E-state index contributed by atoms with van der Waals surface area (Å²) in [6, 6.07) is 3.20. The van der Waals surface area contributed by atoms with Gasteiger partial charge < -0.3 is 5.32 Å². The Morgan fingerprint density at radius 3 is 2.89 bits per heavy atom. The lowest BCUT2D eigenvalue weighted by atomic mass is 9.99. The van der Waals surface area contributed by atoms with Crippen LogP contribution in [-0.2, 0) is 0 Å². The summed E-state index contributed by atoms with van der Waals surface area (Å²) in [5, 5.41) is 9.39. The zero-order chi connectivity index (χ0) is 13.4. The third kappa shape index (κ3) is 2.36. The number of amides is 1. The summed E-state index contributed by atoms with van der Waals surface area (Å²) in [5.74, 6) is -0.826. The van der Waals surface area contributed by atoms with E-state index in [9.17, 15) is 9.18 Å². The Hall–Kier alpha value is -2.17. The number of carbonyl (C=O) groups excluding carboxylic acids is 1. The van der Waals surface area contributed by atoms with Crippen LogP contribution < -0.4 is 5.32 Å². The Morgan fingerprint density at radius 1 is 1.47 bits per heavy atom. The highest BCUT2D eigenvalue weighted by Gasteiger charge is 2.25. The maximum absolute atomic E-state index is 13.9. The minimum Gasteiger partial charge on any atom is -0.349 e. The molecule has 0 radical (unpaired) electrons. The predicted molar refractivity (Wildman–Crippen MR) is 69.2 cm³/mol. The van der Waals surface area contributed by atoms with Crippen molar-refractivity contribution in [2.45, 2.75) is 25.8 Å². The third-order valence-electron chi connectivity index (χ3n) is 3.28. The van der Waals surface area contributed by atoms with Gasteiger partial charge in [-0.15, -0.1) is 0 Å². The number of hydrogen-bond donors (Lipinski definition) is 2. The van der Waals surface area contributed by atoms with E-state index in [0.717, 1.165) is 29.5 Å². The van der Waals surface area contributed by atoms with Gasteiger partial charge in [-0.1, -0.05) is 0 Å². The van der Waals surface area contributed by atoms with Crippen molar-refractivity contribution in [2.24, 2.45) is 0 Å². The van der Waals surface area contributed by atoms with Crippen LogP contribution in [0, 0.1) is 12.7 Å². The van der Waals surface area contributed by atoms with Crippen LogP contribution in [0.5, 0.6) is 0 Å². The van der Waals surface area contributed by atoms with Gasteiger partial charge in [0.2, 0.25) is 0 Å². The van der Waals surface area contributed by atoms with Gasteiger partial charge in [-0.25, -0.2) is 4.39 Å². The maximum atomic E-state index is 13.9. The van der Waals surface area contributed by atoms with E-state index in [4.69, 9.17) is 0 Å². The first-order valence-corrected chi connectivity index (χ1v) is 6.25. The Labute approximate surface area is 110 Å². The molecule has 0 spiro atoms. The van der Waals surface area contributed by atoms with Gasteiger partial charge in [0.25, 0.3) is 5.91 Å². The molecule has 4 nitrogen and oxygen atoms in total. The summed E-state index contributed by atoms with van der Waals surface area (Å²) in [4.78, 5) is 12.0. The molecule has 3 rings (SSSR count). The zero-order valence-corrected chi connectivity index (χ0v) is 10.5. The average molecular weight is 259 g/mol. The number of aromatic amines is 1. The topological polar surface area (TPSA) is 57.8 Å². The molecule has 0 saturated heterocycles. The van der Waals surface area contributed by atoms with E-state index in [-0.39, 0.29) is 17.5 Å². The second kappa shape index (κ2) is 4.50. The van der Waals surface area contributed by atoms with Crippen LogP contribution in [0.4, 0.5) is 4.39 Å². The van der Waals surface area contributed by atoms with Crippen molar-refractivity contribution in [3.05, 3.63) is 41.5 Å². The monoisotopic (exact) mass is 259 g/mol. The molecule has 1 aromatic heterocycles. The Bertz CT molecular complexity index is 618. The van der Waals surface area contributed by atoms with Gasteiger partial charge in [0.05, 0.1) is 11.8 Å². The SMILES string of the molecule is Cc1cc(F)c(C(=O)NC2CC2)cc1-c1cn[nH]c1. The number of aromatic nitrogens is 2. The molecule has 1 fully saturated rings. The summed E-state index contributed by atoms with van der Waals surface area (Å²) >= 11 is 0. The van der Waals surface area contributed by atoms with Gasteiger partial charge in [-0.05, 0) is 43.0 Å². The second-order valence-corrected chi connectivity index (χ2v) is 4.88. The molecule has 0 unspecified atom stereocenters. The molecule has 0 aliphatic heterocycles. The van der Waals surface area contributed by atoms with Gasteiger partial charge in [-0.3, -0.25) is 9.89 Å². The van der Waals surface area contributed by atoms with Gasteiger partial charge in [0, 0.05) is 17.8 Å². The van der Waals surface area contributed by atoms with E-state index in [1.54, 1.807) is 18.5 Å². The number of hydrogen-bond acceptors (Lipinski definition) is 2. The number of carbonyl (C=O) groups is 1. The molecule has 98 valence electrons. The second-order valence-electron chi connectivity index (χ2n) is 4.88. The van der Waals surface area contributed by atoms with Gasteiger partial charge >= 0.3 is 0 Å². The largest absolute Gasteiger partial charge is 0.349 e. The van der Waals surface area contributed by atoms with Crippen LogP contribution in [0.25, 0.3) is 11.1 Å². The normalized spacial score (nSPS) is 14.4. The van der Waals surface area contributed by atoms with E-state index in [1.165, 1.54) is 6.07 Å². The van der Waals surface area contributed by atoms with Gasteiger partial charge in [0.15, 0.2) is 0 Å². The first-order valence-electron chi connectivity index (χ1n) is 6.25. The summed E-state index contributed by atoms with van der Waals surface area (Å²) in [7, 11) is 0. The summed E-state index contributed by atoms with van der Waals surface area (Å²) in [6.45, 7) is 1.81. The minimum absolute atomic E-state index is 0.0914. The van der Waals surface area contributed by atoms with Crippen molar-refractivity contribution in [3.63, 3.8) is 0 Å². The van der Waals surface area contributed by atoms with Gasteiger partial charge in [-0.2, -0.15) is 5.10 Å². The van der Waals surface area contributed by atoms with Crippen molar-refractivity contribution in [1.82, 2.24) is 15.5 Å². The van der Waals surface area contributed by atoms with E-state index < -0.39 is 5.82 Å². The highest BCUT2D eigenvalue weighted by Crippen LogP contribution is 2.26. The van der Waals surface area contributed by atoms with Crippen LogP contribution in [0.3, 0.4) is 0 Å². The quantitative estimate of drug-likeness (QED) is 0.889. The highest BCUT2D eigenvalue weighted by molar-refractivity contribution is 5.96. The van der Waals surface area contributed by atoms with E-state index in [1.807, 2.05) is 6.92 Å². The smallest absolute Gasteiger partial charge is 0.254 e. The molecule has 2 N–H and O–H groups in total. The molecule has 1 amide bonds. The van der Waals surface area contributed by atoms with Crippen molar-refractivity contribution < 1.29 is 9.18 Å². The standard InChI is InChI=1S/C14H14FN3O/c1-8-4-13(15)12(14(19)18-10-2-3-10)5-11(8)9-6-16-17-7-9/h4-7,10H,2-3H2,1H3,(H,16,17)(H,18,19). The first-order chi connectivity index (χ1) is 9.15. The van der Waals surface area contributed by atoms with Crippen LogP contribution >= 0.6 is 0 Å². The molecule has 2 aromatic rings. The fourth-order valence-electron chi connectivity index (χ4n) is 2.05. The Morgan fingerprint density at radius 2 is 2.26 bits per heavy atom. The number of benzene rings is 1. The molecule has 0 bridgehead atoms. The fourth-order valence-corrected chi connectivity index (χ4v) is 2.05. The van der Waals surface area contributed by atoms with Gasteiger partial charge in [0.1, 0.15) is 5.82 Å². The first kappa shape index (κ1) is 11.9. The molecule has 1 heterocycles. The average Bonchev–Trinajstić information content (AvgIpc) is 3.01. The van der Waals surface area contributed by atoms with Crippen LogP contribution in [-0.4, -0.2) is 22.1 Å². The van der Waals surface area contributed by atoms with Crippen molar-refractivity contribution in [1.29, 1.82) is 0 Å².